The topological polar surface area (TPSA) is 91.1 Å². The molecule has 4 rings (SSSR count). The third kappa shape index (κ3) is 2.07. The number of anilines is 2. The normalized spacial score (nSPS) is 16.7. The van der Waals surface area contributed by atoms with E-state index in [1.54, 1.807) is 12.4 Å². The molecule has 3 aromatic heterocycles. The molecule has 4 N–H and O–H groups in total. The molecule has 0 radical (unpaired) electrons. The first-order chi connectivity index (χ1) is 10.6. The SMILES string of the molecule is Nc1cc2c(cn1)[nH]c1ncc(Cl)c(N3CCC(O)CC3)c12. The monoisotopic (exact) mass is 317 g/mol. The number of rotatable bonds is 1. The van der Waals surface area contributed by atoms with E-state index in [0.29, 0.717) is 10.8 Å². The van der Waals surface area contributed by atoms with E-state index < -0.39 is 0 Å². The van der Waals surface area contributed by atoms with Gasteiger partial charge in [-0.3, -0.25) is 0 Å². The molecule has 0 amide bonds. The van der Waals surface area contributed by atoms with Crippen LogP contribution >= 0.6 is 11.6 Å². The molecule has 1 aliphatic rings. The van der Waals surface area contributed by atoms with Crippen molar-refractivity contribution in [2.75, 3.05) is 23.7 Å². The molecule has 0 aromatic carbocycles. The lowest BCUT2D eigenvalue weighted by molar-refractivity contribution is 0.145. The van der Waals surface area contributed by atoms with Gasteiger partial charge in [0.2, 0.25) is 0 Å². The Morgan fingerprint density at radius 3 is 2.82 bits per heavy atom. The van der Waals surface area contributed by atoms with Crippen molar-refractivity contribution < 1.29 is 5.11 Å². The average molecular weight is 318 g/mol. The molecule has 0 bridgehead atoms. The van der Waals surface area contributed by atoms with Crippen LogP contribution in [0, 0.1) is 0 Å². The summed E-state index contributed by atoms with van der Waals surface area (Å²) >= 11 is 6.44. The fourth-order valence-corrected chi connectivity index (χ4v) is 3.40. The predicted molar refractivity (Wildman–Crippen MR) is 88.3 cm³/mol. The van der Waals surface area contributed by atoms with Crippen LogP contribution in [-0.2, 0) is 0 Å². The molecule has 4 heterocycles. The number of piperidine rings is 1. The van der Waals surface area contributed by atoms with E-state index in [0.717, 1.165) is 53.6 Å². The summed E-state index contributed by atoms with van der Waals surface area (Å²) in [6, 6.07) is 1.84. The van der Waals surface area contributed by atoms with Crippen molar-refractivity contribution in [1.82, 2.24) is 15.0 Å². The standard InChI is InChI=1S/C15H16ClN5O/c16-10-6-19-15-13(9-5-12(17)18-7-11(9)20-15)14(10)21-3-1-8(22)2-4-21/h5-8,22H,1-4H2,(H2,17,18)(H,19,20). The molecule has 0 saturated carbocycles. The molecule has 0 aliphatic carbocycles. The molecular weight excluding hydrogens is 302 g/mol. The van der Waals surface area contributed by atoms with Crippen molar-refractivity contribution in [3.05, 3.63) is 23.5 Å². The number of hydrogen-bond acceptors (Lipinski definition) is 5. The van der Waals surface area contributed by atoms with Gasteiger partial charge >= 0.3 is 0 Å². The summed E-state index contributed by atoms with van der Waals surface area (Å²) < 4.78 is 0. The van der Waals surface area contributed by atoms with Crippen LogP contribution in [0.2, 0.25) is 5.02 Å². The van der Waals surface area contributed by atoms with Gasteiger partial charge < -0.3 is 20.7 Å². The van der Waals surface area contributed by atoms with Crippen LogP contribution in [0.4, 0.5) is 11.5 Å². The second-order valence-electron chi connectivity index (χ2n) is 5.68. The minimum atomic E-state index is -0.227. The third-order valence-electron chi connectivity index (χ3n) is 4.24. The predicted octanol–water partition coefficient (Wildman–Crippen LogP) is 2.31. The summed E-state index contributed by atoms with van der Waals surface area (Å²) in [5.41, 5.74) is 8.45. The number of nitrogens with zero attached hydrogens (tertiary/aromatic N) is 3. The number of fused-ring (bicyclic) bond motifs is 3. The molecule has 1 fully saturated rings. The summed E-state index contributed by atoms with van der Waals surface area (Å²) in [7, 11) is 0. The molecule has 114 valence electrons. The van der Waals surface area contributed by atoms with E-state index >= 15 is 0 Å². The molecule has 0 atom stereocenters. The van der Waals surface area contributed by atoms with Crippen LogP contribution < -0.4 is 10.6 Å². The van der Waals surface area contributed by atoms with Crippen LogP contribution in [0.15, 0.2) is 18.5 Å². The van der Waals surface area contributed by atoms with Crippen molar-refractivity contribution in [2.24, 2.45) is 0 Å². The van der Waals surface area contributed by atoms with Gasteiger partial charge in [-0.1, -0.05) is 11.6 Å². The van der Waals surface area contributed by atoms with Crippen molar-refractivity contribution in [2.45, 2.75) is 18.9 Å². The Balaban J connectivity index is 1.97. The largest absolute Gasteiger partial charge is 0.393 e. The molecule has 22 heavy (non-hydrogen) atoms. The molecule has 3 aromatic rings. The highest BCUT2D eigenvalue weighted by atomic mass is 35.5. The number of H-pyrrole nitrogens is 1. The summed E-state index contributed by atoms with van der Waals surface area (Å²) in [5.74, 6) is 0.466. The second-order valence-corrected chi connectivity index (χ2v) is 6.08. The summed E-state index contributed by atoms with van der Waals surface area (Å²) in [6.45, 7) is 1.54. The van der Waals surface area contributed by atoms with Gasteiger partial charge in [0.1, 0.15) is 11.5 Å². The molecule has 6 nitrogen and oxygen atoms in total. The van der Waals surface area contributed by atoms with E-state index in [4.69, 9.17) is 17.3 Å². The average Bonchev–Trinajstić information content (AvgIpc) is 2.86. The van der Waals surface area contributed by atoms with Crippen molar-refractivity contribution in [3.63, 3.8) is 0 Å². The number of aliphatic hydroxyl groups is 1. The summed E-state index contributed by atoms with van der Waals surface area (Å²) in [5, 5.41) is 12.3. The highest BCUT2D eigenvalue weighted by Gasteiger charge is 2.23. The number of aromatic amines is 1. The van der Waals surface area contributed by atoms with Crippen molar-refractivity contribution in [1.29, 1.82) is 0 Å². The minimum Gasteiger partial charge on any atom is -0.393 e. The van der Waals surface area contributed by atoms with E-state index in [1.807, 2.05) is 6.07 Å². The van der Waals surface area contributed by atoms with Gasteiger partial charge in [-0.05, 0) is 18.9 Å². The lowest BCUT2D eigenvalue weighted by Crippen LogP contribution is -2.36. The molecule has 1 saturated heterocycles. The zero-order valence-corrected chi connectivity index (χ0v) is 12.6. The molecule has 7 heteroatoms. The van der Waals surface area contributed by atoms with Crippen LogP contribution in [0.25, 0.3) is 21.9 Å². The van der Waals surface area contributed by atoms with Crippen LogP contribution in [0.1, 0.15) is 12.8 Å². The second kappa shape index (κ2) is 5.00. The number of halogens is 1. The Labute approximate surface area is 131 Å². The fourth-order valence-electron chi connectivity index (χ4n) is 3.13. The van der Waals surface area contributed by atoms with E-state index in [1.165, 1.54) is 0 Å². The van der Waals surface area contributed by atoms with E-state index in [2.05, 4.69) is 19.9 Å². The number of nitrogens with one attached hydrogen (secondary N) is 1. The number of pyridine rings is 2. The van der Waals surface area contributed by atoms with Crippen molar-refractivity contribution >= 4 is 45.0 Å². The maximum Gasteiger partial charge on any atom is 0.140 e. The molecular formula is C15H16ClN5O. The number of aliphatic hydroxyl groups excluding tert-OH is 1. The van der Waals surface area contributed by atoms with E-state index in [9.17, 15) is 5.11 Å². The van der Waals surface area contributed by atoms with E-state index in [-0.39, 0.29) is 6.10 Å². The smallest absolute Gasteiger partial charge is 0.140 e. The Morgan fingerprint density at radius 2 is 2.05 bits per heavy atom. The highest BCUT2D eigenvalue weighted by molar-refractivity contribution is 6.35. The number of nitrogen functional groups attached to an aromatic ring is 1. The number of hydrogen-bond donors (Lipinski definition) is 3. The van der Waals surface area contributed by atoms with Gasteiger partial charge in [-0.15, -0.1) is 0 Å². The maximum atomic E-state index is 9.72. The summed E-state index contributed by atoms with van der Waals surface area (Å²) in [4.78, 5) is 14.0. The molecule has 0 spiro atoms. The first kappa shape index (κ1) is 13.6. The minimum absolute atomic E-state index is 0.227. The zero-order valence-electron chi connectivity index (χ0n) is 11.9. The van der Waals surface area contributed by atoms with Crippen molar-refractivity contribution in [3.8, 4) is 0 Å². The lowest BCUT2D eigenvalue weighted by Gasteiger charge is -2.32. The maximum absolute atomic E-state index is 9.72. The molecule has 0 unspecified atom stereocenters. The Morgan fingerprint density at radius 1 is 1.27 bits per heavy atom. The lowest BCUT2D eigenvalue weighted by atomic mass is 10.1. The number of aromatic nitrogens is 3. The highest BCUT2D eigenvalue weighted by Crippen LogP contribution is 2.39. The quantitative estimate of drug-likeness (QED) is 0.640. The van der Waals surface area contributed by atoms with Crippen LogP contribution in [-0.4, -0.2) is 39.3 Å². The van der Waals surface area contributed by atoms with Gasteiger partial charge in [0.25, 0.3) is 0 Å². The third-order valence-corrected chi connectivity index (χ3v) is 4.51. The van der Waals surface area contributed by atoms with Gasteiger partial charge in [0.15, 0.2) is 0 Å². The summed E-state index contributed by atoms with van der Waals surface area (Å²) in [6.07, 6.45) is 4.63. The zero-order chi connectivity index (χ0) is 15.3. The van der Waals surface area contributed by atoms with Gasteiger partial charge in [-0.25, -0.2) is 9.97 Å². The van der Waals surface area contributed by atoms with Gasteiger partial charge in [0.05, 0.1) is 40.1 Å². The Hall–Kier alpha value is -2.05. The molecule has 1 aliphatic heterocycles. The van der Waals surface area contributed by atoms with Crippen LogP contribution in [0.5, 0.6) is 0 Å². The van der Waals surface area contributed by atoms with Gasteiger partial charge in [0, 0.05) is 18.5 Å². The Kier molecular flexibility index (Phi) is 3.09. The number of nitrogens with two attached hydrogens (primary N) is 1. The van der Waals surface area contributed by atoms with Gasteiger partial charge in [-0.2, -0.15) is 0 Å². The Bertz CT molecular complexity index is 854. The van der Waals surface area contributed by atoms with Crippen LogP contribution in [0.3, 0.4) is 0 Å². The first-order valence-corrected chi connectivity index (χ1v) is 7.65. The fraction of sp³-hybridized carbons (Fsp3) is 0.333. The first-order valence-electron chi connectivity index (χ1n) is 7.28.